The Hall–Kier alpha value is -3.10. The van der Waals surface area contributed by atoms with Crippen molar-refractivity contribution in [1.29, 1.82) is 0 Å². The van der Waals surface area contributed by atoms with Crippen molar-refractivity contribution in [2.24, 2.45) is 11.3 Å². The lowest BCUT2D eigenvalue weighted by atomic mass is 9.61. The van der Waals surface area contributed by atoms with Gasteiger partial charge in [0.05, 0.1) is 24.1 Å². The molecule has 4 atom stereocenters. The summed E-state index contributed by atoms with van der Waals surface area (Å²) in [6.45, 7) is 8.34. The molecule has 5 aliphatic rings. The second kappa shape index (κ2) is 17.1. The van der Waals surface area contributed by atoms with E-state index in [1.807, 2.05) is 11.8 Å². The van der Waals surface area contributed by atoms with Crippen molar-refractivity contribution < 1.29 is 28.2 Å². The van der Waals surface area contributed by atoms with Gasteiger partial charge in [-0.1, -0.05) is 38.5 Å². The number of aryl methyl sites for hydroxylation is 1. The van der Waals surface area contributed by atoms with Gasteiger partial charge in [0.25, 0.3) is 0 Å². The van der Waals surface area contributed by atoms with E-state index in [0.717, 1.165) is 62.1 Å². The first-order chi connectivity index (χ1) is 25.7. The molecule has 0 radical (unpaired) electrons. The number of aliphatic hydroxyl groups is 1. The normalized spacial score (nSPS) is 26.3. The number of hydrogen-bond donors (Lipinski definition) is 4. The summed E-state index contributed by atoms with van der Waals surface area (Å²) in [7, 11) is 0. The van der Waals surface area contributed by atoms with Crippen molar-refractivity contribution >= 4 is 11.8 Å². The maximum atomic E-state index is 15.1. The molecule has 4 fully saturated rings. The summed E-state index contributed by atoms with van der Waals surface area (Å²) in [5, 5.41) is 22.6. The van der Waals surface area contributed by atoms with E-state index in [2.05, 4.69) is 30.7 Å². The van der Waals surface area contributed by atoms with E-state index in [-0.39, 0.29) is 54.4 Å². The molecule has 2 amide bonds. The van der Waals surface area contributed by atoms with Crippen LogP contribution in [0, 0.1) is 24.1 Å². The van der Waals surface area contributed by atoms with Gasteiger partial charge in [0.2, 0.25) is 11.8 Å². The summed E-state index contributed by atoms with van der Waals surface area (Å²) in [6, 6.07) is 3.78. The topological polar surface area (TPSA) is 135 Å². The Morgan fingerprint density at radius 2 is 1.83 bits per heavy atom. The van der Waals surface area contributed by atoms with E-state index in [4.69, 9.17) is 9.15 Å². The van der Waals surface area contributed by atoms with Gasteiger partial charge >= 0.3 is 0 Å². The number of fused-ring (bicyclic) bond motifs is 1. The molecular weight excluding hydrogens is 677 g/mol. The predicted molar refractivity (Wildman–Crippen MR) is 198 cm³/mol. The number of amides is 2. The molecule has 2 aromatic rings. The second-order valence-electron chi connectivity index (χ2n) is 16.3. The molecule has 53 heavy (non-hydrogen) atoms. The van der Waals surface area contributed by atoms with Crippen LogP contribution in [0.15, 0.2) is 22.9 Å². The van der Waals surface area contributed by atoms with Crippen LogP contribution in [0.25, 0.3) is 0 Å². The van der Waals surface area contributed by atoms with Gasteiger partial charge in [-0.25, -0.2) is 9.37 Å². The van der Waals surface area contributed by atoms with E-state index >= 15 is 4.39 Å². The molecule has 292 valence electrons. The molecule has 2 aliphatic carbocycles. The number of aliphatic hydroxyl groups excluding tert-OH is 1. The first-order valence-electron chi connectivity index (χ1n) is 20.2. The van der Waals surface area contributed by atoms with Crippen LogP contribution >= 0.6 is 0 Å². The smallest absolute Gasteiger partial charge is 0.223 e. The summed E-state index contributed by atoms with van der Waals surface area (Å²) < 4.78 is 26.2. The third-order valence-corrected chi connectivity index (χ3v) is 12.9. The Kier molecular flexibility index (Phi) is 12.4. The number of carbonyl (C=O) groups excluding carboxylic acids is 2. The van der Waals surface area contributed by atoms with Gasteiger partial charge in [-0.3, -0.25) is 30.0 Å². The van der Waals surface area contributed by atoms with Crippen LogP contribution < -0.4 is 20.7 Å². The highest BCUT2D eigenvalue weighted by Crippen LogP contribution is 2.48. The fraction of sp³-hybridized carbons (Fsp3) is 0.725. The Bertz CT molecular complexity index is 1550. The van der Waals surface area contributed by atoms with E-state index in [9.17, 15) is 14.7 Å². The molecule has 0 bridgehead atoms. The molecule has 4 N–H and O–H groups in total. The van der Waals surface area contributed by atoms with Crippen LogP contribution in [0.2, 0.25) is 0 Å². The minimum Gasteiger partial charge on any atom is -0.482 e. The molecule has 1 aromatic carbocycles. The van der Waals surface area contributed by atoms with Crippen LogP contribution in [0.3, 0.4) is 0 Å². The number of piperazine rings is 1. The van der Waals surface area contributed by atoms with Crippen LogP contribution in [-0.2, 0) is 29.2 Å². The van der Waals surface area contributed by atoms with Gasteiger partial charge in [0.1, 0.15) is 6.61 Å². The number of ether oxygens (including phenoxy) is 1. The number of carbonyl (C=O) groups is 2. The molecule has 2 saturated heterocycles. The average Bonchev–Trinajstić information content (AvgIpc) is 3.53. The molecule has 12 nitrogen and oxygen atoms in total. The Balaban J connectivity index is 0.996. The third-order valence-electron chi connectivity index (χ3n) is 12.9. The lowest BCUT2D eigenvalue weighted by Gasteiger charge is -2.56. The zero-order valence-electron chi connectivity index (χ0n) is 31.7. The summed E-state index contributed by atoms with van der Waals surface area (Å²) in [5.41, 5.74) is 2.43. The fourth-order valence-electron chi connectivity index (χ4n) is 9.48. The zero-order chi connectivity index (χ0) is 37.0. The molecule has 3 aliphatic heterocycles. The third kappa shape index (κ3) is 8.91. The number of benzene rings is 1. The number of halogens is 1. The number of nitrogens with zero attached hydrogens (tertiary/aromatic N) is 4. The van der Waals surface area contributed by atoms with E-state index in [1.165, 1.54) is 51.0 Å². The highest BCUT2D eigenvalue weighted by molar-refractivity contribution is 5.80. The Morgan fingerprint density at radius 1 is 1.08 bits per heavy atom. The first kappa shape index (κ1) is 38.2. The SMILES string of the molecule is CC(=O)N1CCN(C2CC(C(=O)NC[C@H](O)CN3CCc4cc(OCc5ocnc5C)c(F)cc4C3)C3(CCCCCCC3)C(NC3CCC3)N2)CC1. The summed E-state index contributed by atoms with van der Waals surface area (Å²) >= 11 is 0. The molecule has 13 heteroatoms. The highest BCUT2D eigenvalue weighted by Gasteiger charge is 2.54. The van der Waals surface area contributed by atoms with Crippen molar-refractivity contribution in [3.63, 3.8) is 0 Å². The van der Waals surface area contributed by atoms with Crippen LogP contribution in [0.4, 0.5) is 4.39 Å². The standard InChI is InChI=1S/C40H60FN7O5/c1-27-36(53-26-43-27)25-52-35-20-29-11-14-46(23-30(29)19-34(35)41)24-32(50)22-42-38(51)33-21-37(48-17-15-47(16-18-48)28(2)49)45-39(44-31-9-8-10-31)40(33)12-6-4-3-5-7-13-40/h19-20,26,31-33,37,39,44-45,50H,3-18,21-25H2,1-2H3,(H,42,51)/t32-,33?,37?,39?/m0/s1. The van der Waals surface area contributed by atoms with E-state index < -0.39 is 11.9 Å². The van der Waals surface area contributed by atoms with Crippen LogP contribution in [0.5, 0.6) is 5.75 Å². The molecule has 2 saturated carbocycles. The number of aromatic nitrogens is 1. The quantitative estimate of drug-likeness (QED) is 0.270. The fourth-order valence-corrected chi connectivity index (χ4v) is 9.48. The van der Waals surface area contributed by atoms with Gasteiger partial charge in [-0.05, 0) is 68.7 Å². The van der Waals surface area contributed by atoms with Gasteiger partial charge in [0.15, 0.2) is 23.7 Å². The van der Waals surface area contributed by atoms with Crippen molar-refractivity contribution in [3.05, 3.63) is 46.9 Å². The lowest BCUT2D eigenvalue weighted by Crippen LogP contribution is -2.72. The molecule has 4 heterocycles. The summed E-state index contributed by atoms with van der Waals surface area (Å²) in [6.07, 6.45) is 13.6. The number of β-amino-alcohol motifs (C(OH)–C–C–N with tert-alkyl or cyclic N) is 1. The van der Waals surface area contributed by atoms with Crippen molar-refractivity contribution in [2.45, 2.75) is 129 Å². The van der Waals surface area contributed by atoms with Gasteiger partial charge in [-0.2, -0.15) is 0 Å². The minimum atomic E-state index is -0.757. The molecular formula is C40H60FN7O5. The van der Waals surface area contributed by atoms with Gasteiger partial charge in [-0.15, -0.1) is 0 Å². The second-order valence-corrected chi connectivity index (χ2v) is 16.3. The van der Waals surface area contributed by atoms with Gasteiger partial charge < -0.3 is 24.5 Å². The molecule has 1 aromatic heterocycles. The van der Waals surface area contributed by atoms with Crippen molar-refractivity contribution in [1.82, 2.24) is 35.6 Å². The Labute approximate surface area is 313 Å². The maximum absolute atomic E-state index is 15.1. The number of oxazole rings is 1. The van der Waals surface area contributed by atoms with E-state index in [0.29, 0.717) is 50.8 Å². The molecule has 1 spiro atoms. The van der Waals surface area contributed by atoms with Crippen LogP contribution in [-0.4, -0.2) is 107 Å². The minimum absolute atomic E-state index is 0.0298. The number of piperidine rings is 1. The molecule has 3 unspecified atom stereocenters. The highest BCUT2D eigenvalue weighted by atomic mass is 19.1. The van der Waals surface area contributed by atoms with Crippen LogP contribution in [0.1, 0.15) is 100 Å². The van der Waals surface area contributed by atoms with Crippen molar-refractivity contribution in [2.75, 3.05) is 45.8 Å². The first-order valence-corrected chi connectivity index (χ1v) is 20.2. The predicted octanol–water partition coefficient (Wildman–Crippen LogP) is 3.83. The number of nitrogens with one attached hydrogen (secondary N) is 3. The lowest BCUT2D eigenvalue weighted by molar-refractivity contribution is -0.141. The van der Waals surface area contributed by atoms with E-state index in [1.54, 1.807) is 13.0 Å². The number of rotatable bonds is 11. The maximum Gasteiger partial charge on any atom is 0.223 e. The number of hydrogen-bond acceptors (Lipinski definition) is 10. The van der Waals surface area contributed by atoms with Crippen molar-refractivity contribution in [3.8, 4) is 5.75 Å². The zero-order valence-corrected chi connectivity index (χ0v) is 31.7. The molecule has 7 rings (SSSR count). The summed E-state index contributed by atoms with van der Waals surface area (Å²) in [4.78, 5) is 37.1. The summed E-state index contributed by atoms with van der Waals surface area (Å²) in [5.74, 6) is 0.300. The Morgan fingerprint density at radius 3 is 2.51 bits per heavy atom. The van der Waals surface area contributed by atoms with Gasteiger partial charge in [0, 0.05) is 76.7 Å². The monoisotopic (exact) mass is 737 g/mol. The average molecular weight is 738 g/mol. The largest absolute Gasteiger partial charge is 0.482 e.